The topological polar surface area (TPSA) is 81.5 Å². The molecule has 0 spiro atoms. The zero-order valence-electron chi connectivity index (χ0n) is 13.3. The summed E-state index contributed by atoms with van der Waals surface area (Å²) < 4.78 is 10.6. The third kappa shape index (κ3) is 3.12. The molecule has 2 aromatic heterocycles. The lowest BCUT2D eigenvalue weighted by Crippen LogP contribution is -2.00. The summed E-state index contributed by atoms with van der Waals surface area (Å²) in [4.78, 5) is 19.5. The first-order chi connectivity index (χ1) is 11.6. The van der Waals surface area contributed by atoms with Crippen LogP contribution in [0.4, 0.5) is 0 Å². The summed E-state index contributed by atoms with van der Waals surface area (Å²) in [7, 11) is 3.17. The van der Waals surface area contributed by atoms with Crippen molar-refractivity contribution in [3.8, 4) is 22.8 Å². The van der Waals surface area contributed by atoms with Crippen LogP contribution >= 0.6 is 0 Å². The highest BCUT2D eigenvalue weighted by Crippen LogP contribution is 2.32. The van der Waals surface area contributed by atoms with Gasteiger partial charge in [-0.25, -0.2) is 0 Å². The molecule has 24 heavy (non-hydrogen) atoms. The summed E-state index contributed by atoms with van der Waals surface area (Å²) in [6.07, 6.45) is 3.26. The van der Waals surface area contributed by atoms with E-state index in [-0.39, 0.29) is 6.42 Å². The first-order valence-electron chi connectivity index (χ1n) is 7.29. The van der Waals surface area contributed by atoms with Crippen molar-refractivity contribution < 1.29 is 19.4 Å². The first-order valence-corrected chi connectivity index (χ1v) is 7.29. The molecule has 0 fully saturated rings. The van der Waals surface area contributed by atoms with Crippen LogP contribution in [0.1, 0.15) is 5.56 Å². The number of hydrogen-bond acceptors (Lipinski definition) is 5. The molecule has 3 aromatic rings. The van der Waals surface area contributed by atoms with E-state index in [9.17, 15) is 4.79 Å². The van der Waals surface area contributed by atoms with Gasteiger partial charge in [-0.1, -0.05) is 6.07 Å². The van der Waals surface area contributed by atoms with Gasteiger partial charge in [0.25, 0.3) is 0 Å². The van der Waals surface area contributed by atoms with Crippen molar-refractivity contribution in [2.24, 2.45) is 0 Å². The predicted octanol–water partition coefficient (Wildman–Crippen LogP) is 2.94. The Kier molecular flexibility index (Phi) is 4.29. The minimum atomic E-state index is -0.877. The summed E-state index contributed by atoms with van der Waals surface area (Å²) in [6, 6.07) is 9.20. The summed E-state index contributed by atoms with van der Waals surface area (Å²) >= 11 is 0. The van der Waals surface area contributed by atoms with E-state index in [0.717, 1.165) is 22.2 Å². The van der Waals surface area contributed by atoms with Gasteiger partial charge in [-0.2, -0.15) is 0 Å². The molecule has 6 nitrogen and oxygen atoms in total. The second kappa shape index (κ2) is 6.54. The highest BCUT2D eigenvalue weighted by Gasteiger charge is 2.09. The summed E-state index contributed by atoms with van der Waals surface area (Å²) in [5, 5.41) is 9.71. The molecule has 0 saturated carbocycles. The van der Waals surface area contributed by atoms with Gasteiger partial charge in [0.1, 0.15) is 0 Å². The molecule has 0 aliphatic carbocycles. The van der Waals surface area contributed by atoms with E-state index in [1.165, 1.54) is 0 Å². The number of hydrogen-bond donors (Lipinski definition) is 1. The van der Waals surface area contributed by atoms with Crippen molar-refractivity contribution in [2.75, 3.05) is 14.2 Å². The number of pyridine rings is 2. The normalized spacial score (nSPS) is 10.6. The van der Waals surface area contributed by atoms with Gasteiger partial charge in [-0.3, -0.25) is 14.8 Å². The van der Waals surface area contributed by atoms with E-state index < -0.39 is 5.97 Å². The molecule has 0 amide bonds. The van der Waals surface area contributed by atoms with Crippen LogP contribution in [0.15, 0.2) is 42.7 Å². The molecule has 0 atom stereocenters. The lowest BCUT2D eigenvalue weighted by molar-refractivity contribution is -0.136. The summed E-state index contributed by atoms with van der Waals surface area (Å²) in [6.45, 7) is 0. The van der Waals surface area contributed by atoms with Gasteiger partial charge >= 0.3 is 5.97 Å². The van der Waals surface area contributed by atoms with Gasteiger partial charge in [-0.05, 0) is 23.8 Å². The number of benzene rings is 1. The van der Waals surface area contributed by atoms with Crippen molar-refractivity contribution in [2.45, 2.75) is 6.42 Å². The van der Waals surface area contributed by atoms with E-state index in [1.807, 2.05) is 18.2 Å². The summed E-state index contributed by atoms with van der Waals surface area (Å²) in [5.74, 6) is 0.382. The molecule has 3 rings (SSSR count). The SMILES string of the molecule is COc1cc2cc(-c3ccc(CC(=O)O)cn3)cnc2cc1OC. The average Bonchev–Trinajstić information content (AvgIpc) is 2.60. The maximum absolute atomic E-state index is 10.7. The average molecular weight is 324 g/mol. The Morgan fingerprint density at radius 3 is 2.42 bits per heavy atom. The largest absolute Gasteiger partial charge is 0.493 e. The van der Waals surface area contributed by atoms with Gasteiger partial charge in [-0.15, -0.1) is 0 Å². The maximum atomic E-state index is 10.7. The minimum absolute atomic E-state index is 0.0414. The maximum Gasteiger partial charge on any atom is 0.307 e. The number of aliphatic carboxylic acids is 1. The zero-order valence-corrected chi connectivity index (χ0v) is 13.3. The second-order valence-corrected chi connectivity index (χ2v) is 5.25. The molecule has 0 unspecified atom stereocenters. The number of fused-ring (bicyclic) bond motifs is 1. The number of carboxylic acids is 1. The van der Waals surface area contributed by atoms with Crippen LogP contribution in [-0.4, -0.2) is 35.3 Å². The monoisotopic (exact) mass is 324 g/mol. The van der Waals surface area contributed by atoms with Crippen molar-refractivity contribution in [3.63, 3.8) is 0 Å². The van der Waals surface area contributed by atoms with Crippen molar-refractivity contribution in [3.05, 3.63) is 48.3 Å². The van der Waals surface area contributed by atoms with Crippen LogP contribution in [0.5, 0.6) is 11.5 Å². The molecule has 1 N–H and O–H groups in total. The van der Waals surface area contributed by atoms with E-state index in [2.05, 4.69) is 9.97 Å². The first kappa shape index (κ1) is 15.7. The third-order valence-electron chi connectivity index (χ3n) is 3.66. The Hall–Kier alpha value is -3.15. The molecule has 122 valence electrons. The van der Waals surface area contributed by atoms with Gasteiger partial charge < -0.3 is 14.6 Å². The van der Waals surface area contributed by atoms with E-state index in [0.29, 0.717) is 17.1 Å². The van der Waals surface area contributed by atoms with Crippen LogP contribution < -0.4 is 9.47 Å². The lowest BCUT2D eigenvalue weighted by atomic mass is 10.1. The number of rotatable bonds is 5. The Morgan fingerprint density at radius 1 is 1.04 bits per heavy atom. The van der Waals surface area contributed by atoms with Crippen LogP contribution in [0, 0.1) is 0 Å². The Bertz CT molecular complexity index is 891. The fourth-order valence-electron chi connectivity index (χ4n) is 2.47. The number of ether oxygens (including phenoxy) is 2. The number of nitrogens with zero attached hydrogens (tertiary/aromatic N) is 2. The highest BCUT2D eigenvalue weighted by atomic mass is 16.5. The van der Waals surface area contributed by atoms with E-state index in [4.69, 9.17) is 14.6 Å². The van der Waals surface area contributed by atoms with Gasteiger partial charge in [0.2, 0.25) is 0 Å². The number of carboxylic acid groups (broad SMARTS) is 1. The summed E-state index contributed by atoms with van der Waals surface area (Å²) in [5.41, 5.74) is 3.02. The van der Waals surface area contributed by atoms with Crippen molar-refractivity contribution in [1.29, 1.82) is 0 Å². The standard InChI is InChI=1S/C18H16N2O4/c1-23-16-7-12-6-13(10-20-15(12)8-17(16)24-2)14-4-3-11(9-19-14)5-18(21)22/h3-4,6-10H,5H2,1-2H3,(H,21,22). The van der Waals surface area contributed by atoms with Gasteiger partial charge in [0.05, 0.1) is 31.9 Å². The fourth-order valence-corrected chi connectivity index (χ4v) is 2.47. The predicted molar refractivity (Wildman–Crippen MR) is 89.4 cm³/mol. The van der Waals surface area contributed by atoms with Crippen LogP contribution in [0.25, 0.3) is 22.2 Å². The fraction of sp³-hybridized carbons (Fsp3) is 0.167. The van der Waals surface area contributed by atoms with Crippen LogP contribution in [0.3, 0.4) is 0 Å². The van der Waals surface area contributed by atoms with Crippen molar-refractivity contribution in [1.82, 2.24) is 9.97 Å². The Labute approximate surface area is 138 Å². The molecule has 0 aliphatic rings. The molecular weight excluding hydrogens is 308 g/mol. The number of carbonyl (C=O) groups is 1. The quantitative estimate of drug-likeness (QED) is 0.777. The molecule has 0 saturated heterocycles. The molecule has 1 aromatic carbocycles. The zero-order chi connectivity index (χ0) is 17.1. The van der Waals surface area contributed by atoms with Crippen LogP contribution in [-0.2, 0) is 11.2 Å². The molecular formula is C18H16N2O4. The molecule has 0 radical (unpaired) electrons. The Balaban J connectivity index is 1.99. The molecule has 6 heteroatoms. The smallest absolute Gasteiger partial charge is 0.307 e. The van der Waals surface area contributed by atoms with Gasteiger partial charge in [0.15, 0.2) is 11.5 Å². The third-order valence-corrected chi connectivity index (χ3v) is 3.66. The highest BCUT2D eigenvalue weighted by molar-refractivity contribution is 5.86. The molecule has 0 bridgehead atoms. The molecule has 0 aliphatic heterocycles. The van der Waals surface area contributed by atoms with E-state index >= 15 is 0 Å². The van der Waals surface area contributed by atoms with E-state index in [1.54, 1.807) is 38.7 Å². The second-order valence-electron chi connectivity index (χ2n) is 5.25. The Morgan fingerprint density at radius 2 is 1.79 bits per heavy atom. The van der Waals surface area contributed by atoms with Gasteiger partial charge in [0, 0.05) is 29.4 Å². The number of methoxy groups -OCH3 is 2. The van der Waals surface area contributed by atoms with Crippen LogP contribution in [0.2, 0.25) is 0 Å². The van der Waals surface area contributed by atoms with Crippen molar-refractivity contribution >= 4 is 16.9 Å². The minimum Gasteiger partial charge on any atom is -0.493 e. The molecule has 2 heterocycles. The lowest BCUT2D eigenvalue weighted by Gasteiger charge is -2.09. The number of aromatic nitrogens is 2.